The lowest BCUT2D eigenvalue weighted by atomic mass is 9.99. The molecular formula is C14H15NO2. The molecule has 3 heteroatoms. The van der Waals surface area contributed by atoms with E-state index in [4.69, 9.17) is 4.74 Å². The summed E-state index contributed by atoms with van der Waals surface area (Å²) in [6, 6.07) is 7.69. The molecule has 0 N–H and O–H groups in total. The maximum atomic E-state index is 11.7. The Morgan fingerprint density at radius 2 is 2.06 bits per heavy atom. The minimum Gasteiger partial charge on any atom is -0.465 e. The molecule has 88 valence electrons. The van der Waals surface area contributed by atoms with E-state index in [0.717, 1.165) is 10.9 Å². The number of carbonyl (C=O) groups is 1. The Labute approximate surface area is 100 Å². The molecule has 0 aliphatic carbocycles. The molecule has 0 atom stereocenters. The number of pyridine rings is 1. The van der Waals surface area contributed by atoms with E-state index in [9.17, 15) is 4.79 Å². The van der Waals surface area contributed by atoms with Crippen LogP contribution < -0.4 is 0 Å². The van der Waals surface area contributed by atoms with Crippen LogP contribution in [0.3, 0.4) is 0 Å². The molecule has 0 saturated heterocycles. The number of esters is 1. The van der Waals surface area contributed by atoms with Gasteiger partial charge >= 0.3 is 5.97 Å². The van der Waals surface area contributed by atoms with E-state index in [1.807, 2.05) is 18.2 Å². The zero-order chi connectivity index (χ0) is 12.4. The topological polar surface area (TPSA) is 39.2 Å². The fourth-order valence-electron chi connectivity index (χ4n) is 1.81. The van der Waals surface area contributed by atoms with E-state index in [1.54, 1.807) is 12.3 Å². The molecule has 0 unspecified atom stereocenters. The predicted octanol–water partition coefficient (Wildman–Crippen LogP) is 3.14. The van der Waals surface area contributed by atoms with E-state index in [1.165, 1.54) is 12.7 Å². The van der Waals surface area contributed by atoms with Gasteiger partial charge in [0.25, 0.3) is 0 Å². The van der Waals surface area contributed by atoms with Crippen LogP contribution in [-0.4, -0.2) is 18.1 Å². The highest BCUT2D eigenvalue weighted by molar-refractivity contribution is 6.03. The molecule has 1 aromatic heterocycles. The van der Waals surface area contributed by atoms with Crippen LogP contribution in [0.15, 0.2) is 30.5 Å². The zero-order valence-electron chi connectivity index (χ0n) is 10.2. The second kappa shape index (κ2) is 4.53. The fraction of sp³-hybridized carbons (Fsp3) is 0.286. The quantitative estimate of drug-likeness (QED) is 0.742. The number of rotatable bonds is 2. The summed E-state index contributed by atoms with van der Waals surface area (Å²) in [6.07, 6.45) is 1.63. The molecule has 0 amide bonds. The molecule has 0 fully saturated rings. The summed E-state index contributed by atoms with van der Waals surface area (Å²) in [5.74, 6) is 0.100. The van der Waals surface area contributed by atoms with Gasteiger partial charge < -0.3 is 4.74 Å². The van der Waals surface area contributed by atoms with E-state index in [-0.39, 0.29) is 5.97 Å². The second-order valence-electron chi connectivity index (χ2n) is 4.28. The van der Waals surface area contributed by atoms with Crippen LogP contribution in [0.2, 0.25) is 0 Å². The van der Waals surface area contributed by atoms with Crippen molar-refractivity contribution in [3.8, 4) is 0 Å². The van der Waals surface area contributed by atoms with E-state index < -0.39 is 0 Å². The number of benzene rings is 1. The number of carbonyl (C=O) groups excluding carboxylic acids is 1. The van der Waals surface area contributed by atoms with Gasteiger partial charge in [-0.05, 0) is 29.7 Å². The predicted molar refractivity (Wildman–Crippen MR) is 67.2 cm³/mol. The lowest BCUT2D eigenvalue weighted by Crippen LogP contribution is -2.03. The Hall–Kier alpha value is -1.90. The van der Waals surface area contributed by atoms with Gasteiger partial charge in [-0.3, -0.25) is 4.98 Å². The van der Waals surface area contributed by atoms with Gasteiger partial charge in [0.2, 0.25) is 0 Å². The minimum absolute atomic E-state index is 0.321. The van der Waals surface area contributed by atoms with Gasteiger partial charge in [-0.15, -0.1) is 0 Å². The zero-order valence-corrected chi connectivity index (χ0v) is 10.2. The number of methoxy groups -OCH3 is 1. The van der Waals surface area contributed by atoms with E-state index in [0.29, 0.717) is 11.5 Å². The van der Waals surface area contributed by atoms with Crippen LogP contribution in [0.4, 0.5) is 0 Å². The average Bonchev–Trinajstić information content (AvgIpc) is 2.36. The Kier molecular flexibility index (Phi) is 3.09. The molecule has 17 heavy (non-hydrogen) atoms. The third kappa shape index (κ3) is 2.13. The van der Waals surface area contributed by atoms with Gasteiger partial charge in [-0.1, -0.05) is 19.9 Å². The Morgan fingerprint density at radius 1 is 1.29 bits per heavy atom. The summed E-state index contributed by atoms with van der Waals surface area (Å²) in [7, 11) is 1.39. The highest BCUT2D eigenvalue weighted by Gasteiger charge is 2.11. The number of ether oxygens (including phenoxy) is 1. The molecule has 2 rings (SSSR count). The van der Waals surface area contributed by atoms with Gasteiger partial charge in [0.05, 0.1) is 18.2 Å². The molecule has 0 saturated carbocycles. The monoisotopic (exact) mass is 229 g/mol. The first-order valence-electron chi connectivity index (χ1n) is 5.60. The third-order valence-corrected chi connectivity index (χ3v) is 2.84. The standard InChI is InChI=1S/C14H15NO2/c1-9(2)10-4-5-13-12(8-10)11(6-7-15-13)14(16)17-3/h4-9H,1-3H3. The largest absolute Gasteiger partial charge is 0.465 e. The van der Waals surface area contributed by atoms with Crippen molar-refractivity contribution >= 4 is 16.9 Å². The fourth-order valence-corrected chi connectivity index (χ4v) is 1.81. The summed E-state index contributed by atoms with van der Waals surface area (Å²) in [5.41, 5.74) is 2.58. The number of hydrogen-bond acceptors (Lipinski definition) is 3. The van der Waals surface area contributed by atoms with Crippen LogP contribution in [-0.2, 0) is 4.74 Å². The molecule has 2 aromatic rings. The summed E-state index contributed by atoms with van der Waals surface area (Å²) in [6.45, 7) is 4.24. The molecule has 1 heterocycles. The third-order valence-electron chi connectivity index (χ3n) is 2.84. The summed E-state index contributed by atoms with van der Waals surface area (Å²) in [5, 5.41) is 0.852. The van der Waals surface area contributed by atoms with Crippen LogP contribution in [0.25, 0.3) is 10.9 Å². The van der Waals surface area contributed by atoms with Crippen LogP contribution >= 0.6 is 0 Å². The average molecular weight is 229 g/mol. The van der Waals surface area contributed by atoms with Crippen molar-refractivity contribution in [1.82, 2.24) is 4.98 Å². The Bertz CT molecular complexity index is 561. The summed E-state index contributed by atoms with van der Waals surface area (Å²) in [4.78, 5) is 15.9. The smallest absolute Gasteiger partial charge is 0.338 e. The molecule has 1 aromatic carbocycles. The Balaban J connectivity index is 2.68. The van der Waals surface area contributed by atoms with Crippen molar-refractivity contribution in [2.45, 2.75) is 19.8 Å². The first-order chi connectivity index (χ1) is 8.13. The van der Waals surface area contributed by atoms with Crippen molar-refractivity contribution in [2.24, 2.45) is 0 Å². The molecule has 0 spiro atoms. The van der Waals surface area contributed by atoms with Gasteiger partial charge in [0.15, 0.2) is 0 Å². The summed E-state index contributed by atoms with van der Waals surface area (Å²) >= 11 is 0. The number of nitrogens with zero attached hydrogens (tertiary/aromatic N) is 1. The summed E-state index contributed by atoms with van der Waals surface area (Å²) < 4.78 is 4.78. The second-order valence-corrected chi connectivity index (χ2v) is 4.28. The lowest BCUT2D eigenvalue weighted by molar-refractivity contribution is 0.0603. The van der Waals surface area contributed by atoms with E-state index >= 15 is 0 Å². The van der Waals surface area contributed by atoms with Crippen molar-refractivity contribution in [3.63, 3.8) is 0 Å². The normalized spacial score (nSPS) is 10.8. The maximum absolute atomic E-state index is 11.7. The van der Waals surface area contributed by atoms with Gasteiger partial charge in [-0.2, -0.15) is 0 Å². The maximum Gasteiger partial charge on any atom is 0.338 e. The first kappa shape index (κ1) is 11.6. The SMILES string of the molecule is COC(=O)c1ccnc2ccc(C(C)C)cc12. The first-order valence-corrected chi connectivity index (χ1v) is 5.60. The molecule has 3 nitrogen and oxygen atoms in total. The van der Waals surface area contributed by atoms with Crippen LogP contribution in [0.1, 0.15) is 35.7 Å². The van der Waals surface area contributed by atoms with E-state index in [2.05, 4.69) is 18.8 Å². The number of fused-ring (bicyclic) bond motifs is 1. The molecular weight excluding hydrogens is 214 g/mol. The molecule has 0 aliphatic rings. The highest BCUT2D eigenvalue weighted by Crippen LogP contribution is 2.23. The van der Waals surface area contributed by atoms with Gasteiger partial charge in [-0.25, -0.2) is 4.79 Å². The van der Waals surface area contributed by atoms with Crippen LogP contribution in [0, 0.1) is 0 Å². The van der Waals surface area contributed by atoms with Gasteiger partial charge in [0.1, 0.15) is 0 Å². The number of hydrogen-bond donors (Lipinski definition) is 0. The van der Waals surface area contributed by atoms with Crippen LogP contribution in [0.5, 0.6) is 0 Å². The molecule has 0 aliphatic heterocycles. The lowest BCUT2D eigenvalue weighted by Gasteiger charge is -2.08. The van der Waals surface area contributed by atoms with Crippen molar-refractivity contribution in [3.05, 3.63) is 41.6 Å². The Morgan fingerprint density at radius 3 is 2.71 bits per heavy atom. The molecule has 0 radical (unpaired) electrons. The van der Waals surface area contributed by atoms with Crippen molar-refractivity contribution in [1.29, 1.82) is 0 Å². The van der Waals surface area contributed by atoms with Gasteiger partial charge in [0, 0.05) is 11.6 Å². The van der Waals surface area contributed by atoms with Crippen molar-refractivity contribution < 1.29 is 9.53 Å². The highest BCUT2D eigenvalue weighted by atomic mass is 16.5. The number of aromatic nitrogens is 1. The molecule has 0 bridgehead atoms. The van der Waals surface area contributed by atoms with Crippen molar-refractivity contribution in [2.75, 3.05) is 7.11 Å². The minimum atomic E-state index is -0.321.